The Morgan fingerprint density at radius 2 is 1.95 bits per heavy atom. The van der Waals surface area contributed by atoms with Crippen molar-refractivity contribution in [3.8, 4) is 0 Å². The van der Waals surface area contributed by atoms with Gasteiger partial charge in [0.2, 0.25) is 0 Å². The zero-order valence-corrected chi connectivity index (χ0v) is 12.5. The van der Waals surface area contributed by atoms with E-state index >= 15 is 0 Å². The molecule has 110 valence electrons. The molecule has 1 aromatic heterocycles. The normalized spacial score (nSPS) is 11.0. The smallest absolute Gasteiger partial charge is 0.327 e. The third-order valence-corrected chi connectivity index (χ3v) is 3.27. The number of hydrogen-bond donors (Lipinski definition) is 2. The maximum Gasteiger partial charge on any atom is 0.346 e. The van der Waals surface area contributed by atoms with E-state index in [0.29, 0.717) is 15.9 Å². The van der Waals surface area contributed by atoms with Gasteiger partial charge in [-0.15, -0.1) is 0 Å². The van der Waals surface area contributed by atoms with Crippen LogP contribution in [0, 0.1) is 0 Å². The van der Waals surface area contributed by atoms with E-state index in [-0.39, 0.29) is 0 Å². The molecule has 0 saturated carbocycles. The first-order chi connectivity index (χ1) is 9.90. The predicted molar refractivity (Wildman–Crippen MR) is 81.5 cm³/mol. The molecule has 2 amide bonds. The molecular weight excluding hydrogens is 290 g/mol. The number of nitrogens with one attached hydrogen (secondary N) is 1. The van der Waals surface area contributed by atoms with Crippen molar-refractivity contribution in [3.05, 3.63) is 59.4 Å². The number of halogens is 1. The second-order valence-electron chi connectivity index (χ2n) is 5.07. The first-order valence-corrected chi connectivity index (χ1v) is 6.76. The average molecular weight is 306 g/mol. The second-order valence-corrected chi connectivity index (χ2v) is 5.46. The largest absolute Gasteiger partial charge is 0.346 e. The van der Waals surface area contributed by atoms with Crippen LogP contribution < -0.4 is 10.4 Å². The lowest BCUT2D eigenvalue weighted by Crippen LogP contribution is -2.47. The summed E-state index contributed by atoms with van der Waals surface area (Å²) in [6, 6.07) is 11.4. The number of carbonyl (C=O) groups is 1. The lowest BCUT2D eigenvalue weighted by Gasteiger charge is -2.29. The molecule has 0 spiro atoms. The van der Waals surface area contributed by atoms with Gasteiger partial charge in [0.1, 0.15) is 5.15 Å². The number of urea groups is 1. The molecule has 1 heterocycles. The third-order valence-electron chi connectivity index (χ3n) is 3.06. The van der Waals surface area contributed by atoms with Gasteiger partial charge in [0.25, 0.3) is 0 Å². The Morgan fingerprint density at radius 3 is 2.57 bits per heavy atom. The molecule has 0 bridgehead atoms. The summed E-state index contributed by atoms with van der Waals surface area (Å²) >= 11 is 5.86. The molecule has 6 heteroatoms. The van der Waals surface area contributed by atoms with Crippen LogP contribution in [0.3, 0.4) is 0 Å². The number of amides is 2. The first-order valence-electron chi connectivity index (χ1n) is 6.38. The Balaban J connectivity index is 2.14. The first kappa shape index (κ1) is 15.3. The minimum Gasteiger partial charge on any atom is -0.327 e. The molecule has 2 aromatic rings. The molecule has 2 N–H and O–H groups in total. The summed E-state index contributed by atoms with van der Waals surface area (Å²) in [6.07, 6.45) is 1.57. The van der Waals surface area contributed by atoms with Gasteiger partial charge in [-0.3, -0.25) is 5.21 Å². The number of hydroxylamine groups is 1. The summed E-state index contributed by atoms with van der Waals surface area (Å²) in [5, 5.41) is 13.6. The number of anilines is 1. The zero-order chi connectivity index (χ0) is 15.5. The highest BCUT2D eigenvalue weighted by atomic mass is 35.5. The Hall–Kier alpha value is -2.11. The van der Waals surface area contributed by atoms with Crippen molar-refractivity contribution in [1.82, 2.24) is 10.3 Å². The minimum absolute atomic E-state index is 0.346. The van der Waals surface area contributed by atoms with Crippen molar-refractivity contribution >= 4 is 23.3 Å². The highest BCUT2D eigenvalue weighted by Crippen LogP contribution is 2.22. The monoisotopic (exact) mass is 305 g/mol. The number of aromatic nitrogens is 1. The van der Waals surface area contributed by atoms with Crippen LogP contribution in [0.1, 0.15) is 19.4 Å². The summed E-state index contributed by atoms with van der Waals surface area (Å²) in [7, 11) is 0. The SMILES string of the molecule is CC(C)(NC(=O)N(O)c1ccccc1)c1ccnc(Cl)c1. The van der Waals surface area contributed by atoms with Crippen molar-refractivity contribution in [2.75, 3.05) is 5.06 Å². The van der Waals surface area contributed by atoms with Crippen molar-refractivity contribution in [1.29, 1.82) is 0 Å². The van der Waals surface area contributed by atoms with E-state index in [2.05, 4.69) is 10.3 Å². The molecule has 0 saturated heterocycles. The van der Waals surface area contributed by atoms with Gasteiger partial charge in [-0.05, 0) is 43.7 Å². The van der Waals surface area contributed by atoms with Crippen LogP contribution in [0.15, 0.2) is 48.7 Å². The number of rotatable bonds is 3. The van der Waals surface area contributed by atoms with Crippen LogP contribution in [-0.2, 0) is 5.54 Å². The van der Waals surface area contributed by atoms with Gasteiger partial charge in [-0.2, -0.15) is 5.06 Å². The molecule has 0 atom stereocenters. The predicted octanol–water partition coefficient (Wildman–Crippen LogP) is 3.58. The average Bonchev–Trinajstić information content (AvgIpc) is 2.47. The standard InChI is InChI=1S/C15H16ClN3O2/c1-15(2,11-8-9-17-13(16)10-11)18-14(20)19(21)12-6-4-3-5-7-12/h3-10,21H,1-2H3,(H,18,20). The topological polar surface area (TPSA) is 65.5 Å². The highest BCUT2D eigenvalue weighted by molar-refractivity contribution is 6.29. The van der Waals surface area contributed by atoms with Crippen molar-refractivity contribution in [3.63, 3.8) is 0 Å². The quantitative estimate of drug-likeness (QED) is 0.517. The molecule has 0 aliphatic carbocycles. The van der Waals surface area contributed by atoms with Gasteiger partial charge in [-0.25, -0.2) is 9.78 Å². The summed E-state index contributed by atoms with van der Waals surface area (Å²) in [6.45, 7) is 3.63. The van der Waals surface area contributed by atoms with E-state index < -0.39 is 11.6 Å². The van der Waals surface area contributed by atoms with Gasteiger partial charge in [-0.1, -0.05) is 29.8 Å². The number of benzene rings is 1. The van der Waals surface area contributed by atoms with Crippen molar-refractivity contribution < 1.29 is 10.0 Å². The molecule has 2 rings (SSSR count). The molecule has 0 radical (unpaired) electrons. The van der Waals surface area contributed by atoms with E-state index in [1.54, 1.807) is 48.7 Å². The summed E-state index contributed by atoms with van der Waals surface area (Å²) in [5.41, 5.74) is 0.468. The molecule has 0 fully saturated rings. The number of carbonyl (C=O) groups excluding carboxylic acids is 1. The van der Waals surface area contributed by atoms with Crippen LogP contribution in [0.4, 0.5) is 10.5 Å². The molecule has 0 unspecified atom stereocenters. The molecule has 1 aromatic carbocycles. The van der Waals surface area contributed by atoms with Crippen LogP contribution in [0.2, 0.25) is 5.15 Å². The Morgan fingerprint density at radius 1 is 1.29 bits per heavy atom. The van der Waals surface area contributed by atoms with Gasteiger partial charge in [0, 0.05) is 6.20 Å². The molecule has 0 aliphatic rings. The lowest BCUT2D eigenvalue weighted by atomic mass is 9.95. The second kappa shape index (κ2) is 6.11. The maximum absolute atomic E-state index is 12.1. The van der Waals surface area contributed by atoms with Gasteiger partial charge in [0.15, 0.2) is 0 Å². The van der Waals surface area contributed by atoms with E-state index in [0.717, 1.165) is 5.56 Å². The molecule has 0 aliphatic heterocycles. The van der Waals surface area contributed by atoms with E-state index in [4.69, 9.17) is 11.6 Å². The summed E-state index contributed by atoms with van der Waals surface area (Å²) in [4.78, 5) is 16.0. The summed E-state index contributed by atoms with van der Waals surface area (Å²) < 4.78 is 0. The van der Waals surface area contributed by atoms with E-state index in [9.17, 15) is 10.0 Å². The van der Waals surface area contributed by atoms with E-state index in [1.807, 2.05) is 13.8 Å². The number of hydrogen-bond acceptors (Lipinski definition) is 3. The van der Waals surface area contributed by atoms with Gasteiger partial charge >= 0.3 is 6.03 Å². The zero-order valence-electron chi connectivity index (χ0n) is 11.7. The maximum atomic E-state index is 12.1. The fourth-order valence-corrected chi connectivity index (χ4v) is 2.04. The van der Waals surface area contributed by atoms with Crippen LogP contribution in [0.25, 0.3) is 0 Å². The molecule has 5 nitrogen and oxygen atoms in total. The summed E-state index contributed by atoms with van der Waals surface area (Å²) in [5.74, 6) is 0. The minimum atomic E-state index is -0.709. The number of pyridine rings is 1. The van der Waals surface area contributed by atoms with Crippen molar-refractivity contribution in [2.24, 2.45) is 0 Å². The number of nitrogens with zero attached hydrogens (tertiary/aromatic N) is 2. The van der Waals surface area contributed by atoms with Crippen molar-refractivity contribution in [2.45, 2.75) is 19.4 Å². The Kier molecular flexibility index (Phi) is 4.45. The third kappa shape index (κ3) is 3.71. The fourth-order valence-electron chi connectivity index (χ4n) is 1.87. The molecular formula is C15H16ClN3O2. The van der Waals surface area contributed by atoms with Gasteiger partial charge in [0.05, 0.1) is 11.2 Å². The number of para-hydroxylation sites is 1. The lowest BCUT2D eigenvalue weighted by molar-refractivity contribution is 0.195. The van der Waals surface area contributed by atoms with Gasteiger partial charge < -0.3 is 5.32 Å². The Bertz CT molecular complexity index is 632. The highest BCUT2D eigenvalue weighted by Gasteiger charge is 2.26. The Labute approximate surface area is 128 Å². The van der Waals surface area contributed by atoms with Crippen LogP contribution >= 0.6 is 11.6 Å². The van der Waals surface area contributed by atoms with E-state index in [1.165, 1.54) is 0 Å². The van der Waals surface area contributed by atoms with Crippen LogP contribution in [-0.4, -0.2) is 16.2 Å². The fraction of sp³-hybridized carbons (Fsp3) is 0.200. The van der Waals surface area contributed by atoms with Crippen LogP contribution in [0.5, 0.6) is 0 Å². The molecule has 21 heavy (non-hydrogen) atoms.